The topological polar surface area (TPSA) is 41.7 Å². The van der Waals surface area contributed by atoms with E-state index >= 15 is 0 Å². The number of rotatable bonds is 4. The summed E-state index contributed by atoms with van der Waals surface area (Å²) < 4.78 is 5.34. The number of nitrogens with two attached hydrogens (primary N) is 1. The summed E-state index contributed by atoms with van der Waals surface area (Å²) in [5, 5.41) is 0. The molecule has 0 aliphatic carbocycles. The Hall–Kier alpha value is -0.160. The number of nitrogens with zero attached hydrogens (tertiary/aromatic N) is 2. The lowest BCUT2D eigenvalue weighted by Crippen LogP contribution is -2.64. The molecule has 18 heavy (non-hydrogen) atoms. The van der Waals surface area contributed by atoms with Gasteiger partial charge in [-0.2, -0.15) is 0 Å². The Morgan fingerprint density at radius 2 is 2.17 bits per heavy atom. The molecule has 4 nitrogen and oxygen atoms in total. The highest BCUT2D eigenvalue weighted by Gasteiger charge is 2.40. The van der Waals surface area contributed by atoms with Crippen LogP contribution in [0.2, 0.25) is 0 Å². The Morgan fingerprint density at radius 1 is 1.33 bits per heavy atom. The zero-order valence-corrected chi connectivity index (χ0v) is 12.0. The second kappa shape index (κ2) is 6.33. The van der Waals surface area contributed by atoms with Crippen molar-refractivity contribution in [2.45, 2.75) is 31.2 Å². The van der Waals surface area contributed by atoms with Gasteiger partial charge in [0.2, 0.25) is 0 Å². The number of hydrogen-bond acceptors (Lipinski definition) is 4. The molecule has 2 atom stereocenters. The summed E-state index contributed by atoms with van der Waals surface area (Å²) in [6.07, 6.45) is 5.13. The number of likely N-dealkylation sites (N-methyl/N-ethyl adjacent to an activating group) is 1. The van der Waals surface area contributed by atoms with Gasteiger partial charge in [0.05, 0.1) is 6.61 Å². The molecule has 2 heterocycles. The molecule has 2 fully saturated rings. The van der Waals surface area contributed by atoms with E-state index in [1.165, 1.54) is 45.3 Å². The first kappa shape index (κ1) is 14.3. The van der Waals surface area contributed by atoms with Gasteiger partial charge in [-0.25, -0.2) is 0 Å². The van der Waals surface area contributed by atoms with Crippen LogP contribution in [0.15, 0.2) is 0 Å². The average molecular weight is 255 g/mol. The standard InChI is InChI=1S/C14H29N3O/c1-16-7-4-6-14(11-15,12-16)17-8-3-5-13(9-17)10-18-2/h13H,3-12,15H2,1-2H3. The Balaban J connectivity index is 2.02. The van der Waals surface area contributed by atoms with Gasteiger partial charge >= 0.3 is 0 Å². The smallest absolute Gasteiger partial charge is 0.0502 e. The van der Waals surface area contributed by atoms with Gasteiger partial charge in [-0.15, -0.1) is 0 Å². The van der Waals surface area contributed by atoms with Gasteiger partial charge in [0, 0.05) is 32.3 Å². The largest absolute Gasteiger partial charge is 0.384 e. The molecule has 0 aromatic rings. The number of methoxy groups -OCH3 is 1. The highest BCUT2D eigenvalue weighted by molar-refractivity contribution is 4.98. The molecule has 0 amide bonds. The van der Waals surface area contributed by atoms with Crippen molar-refractivity contribution >= 4 is 0 Å². The van der Waals surface area contributed by atoms with Crippen molar-refractivity contribution in [1.29, 1.82) is 0 Å². The van der Waals surface area contributed by atoms with Crippen molar-refractivity contribution in [3.8, 4) is 0 Å². The van der Waals surface area contributed by atoms with E-state index in [1.54, 1.807) is 0 Å². The fraction of sp³-hybridized carbons (Fsp3) is 1.00. The maximum Gasteiger partial charge on any atom is 0.0502 e. The van der Waals surface area contributed by atoms with Gasteiger partial charge in [-0.05, 0) is 51.7 Å². The van der Waals surface area contributed by atoms with E-state index in [2.05, 4.69) is 16.8 Å². The van der Waals surface area contributed by atoms with Crippen LogP contribution in [0, 0.1) is 5.92 Å². The molecule has 2 rings (SSSR count). The summed E-state index contributed by atoms with van der Waals surface area (Å²) in [6.45, 7) is 6.41. The maximum atomic E-state index is 6.15. The third kappa shape index (κ3) is 3.05. The summed E-state index contributed by atoms with van der Waals surface area (Å²) in [7, 11) is 4.03. The van der Waals surface area contributed by atoms with Crippen molar-refractivity contribution in [1.82, 2.24) is 9.80 Å². The Morgan fingerprint density at radius 3 is 2.83 bits per heavy atom. The SMILES string of the molecule is COCC1CCCN(C2(CN)CCCN(C)C2)C1. The van der Waals surface area contributed by atoms with Crippen LogP contribution in [0.4, 0.5) is 0 Å². The lowest BCUT2D eigenvalue weighted by atomic mass is 9.84. The van der Waals surface area contributed by atoms with Crippen LogP contribution < -0.4 is 5.73 Å². The quantitative estimate of drug-likeness (QED) is 0.805. The predicted molar refractivity (Wildman–Crippen MR) is 74.7 cm³/mol. The lowest BCUT2D eigenvalue weighted by molar-refractivity contribution is -0.0148. The summed E-state index contributed by atoms with van der Waals surface area (Å²) >= 11 is 0. The van der Waals surface area contributed by atoms with E-state index in [-0.39, 0.29) is 5.54 Å². The van der Waals surface area contributed by atoms with Crippen molar-refractivity contribution in [3.05, 3.63) is 0 Å². The lowest BCUT2D eigenvalue weighted by Gasteiger charge is -2.51. The molecule has 0 radical (unpaired) electrons. The maximum absolute atomic E-state index is 6.15. The number of piperidine rings is 2. The van der Waals surface area contributed by atoms with Gasteiger partial charge in [-0.3, -0.25) is 4.90 Å². The van der Waals surface area contributed by atoms with Crippen LogP contribution in [0.25, 0.3) is 0 Å². The molecule has 2 N–H and O–H groups in total. The van der Waals surface area contributed by atoms with E-state index in [9.17, 15) is 0 Å². The van der Waals surface area contributed by atoms with Crippen molar-refractivity contribution in [2.75, 3.05) is 53.5 Å². The second-order valence-corrected chi connectivity index (χ2v) is 6.18. The van der Waals surface area contributed by atoms with Gasteiger partial charge in [0.15, 0.2) is 0 Å². The second-order valence-electron chi connectivity index (χ2n) is 6.18. The highest BCUT2D eigenvalue weighted by Crippen LogP contribution is 2.30. The summed E-state index contributed by atoms with van der Waals surface area (Å²) in [5.74, 6) is 0.694. The first-order valence-corrected chi connectivity index (χ1v) is 7.33. The average Bonchev–Trinajstić information content (AvgIpc) is 2.39. The number of likely N-dealkylation sites (tertiary alicyclic amines) is 2. The van der Waals surface area contributed by atoms with E-state index in [1.807, 2.05) is 7.11 Å². The van der Waals surface area contributed by atoms with Crippen molar-refractivity contribution in [3.63, 3.8) is 0 Å². The molecule has 106 valence electrons. The number of ether oxygens (including phenoxy) is 1. The molecular formula is C14H29N3O. The molecule has 0 spiro atoms. The van der Waals surface area contributed by atoms with Crippen LogP contribution in [0.1, 0.15) is 25.7 Å². The normalized spacial score (nSPS) is 35.8. The molecule has 4 heteroatoms. The highest BCUT2D eigenvalue weighted by atomic mass is 16.5. The van der Waals surface area contributed by atoms with Gasteiger partial charge in [-0.1, -0.05) is 0 Å². The molecule has 2 saturated heterocycles. The van der Waals surface area contributed by atoms with Crippen LogP contribution in [-0.4, -0.2) is 68.8 Å². The fourth-order valence-electron chi connectivity index (χ4n) is 3.76. The number of hydrogen-bond donors (Lipinski definition) is 1. The Kier molecular flexibility index (Phi) is 5.01. The van der Waals surface area contributed by atoms with E-state index < -0.39 is 0 Å². The predicted octanol–water partition coefficient (Wildman–Crippen LogP) is 0.768. The summed E-state index contributed by atoms with van der Waals surface area (Å²) in [4.78, 5) is 5.10. The van der Waals surface area contributed by atoms with Gasteiger partial charge in [0.25, 0.3) is 0 Å². The van der Waals surface area contributed by atoms with Crippen LogP contribution in [-0.2, 0) is 4.74 Å². The Bertz CT molecular complexity index is 259. The minimum Gasteiger partial charge on any atom is -0.384 e. The molecular weight excluding hydrogens is 226 g/mol. The first-order chi connectivity index (χ1) is 8.70. The van der Waals surface area contributed by atoms with Crippen molar-refractivity contribution in [2.24, 2.45) is 11.7 Å². The first-order valence-electron chi connectivity index (χ1n) is 7.33. The van der Waals surface area contributed by atoms with Gasteiger partial charge < -0.3 is 15.4 Å². The molecule has 2 aliphatic heterocycles. The zero-order valence-electron chi connectivity index (χ0n) is 12.0. The van der Waals surface area contributed by atoms with Crippen molar-refractivity contribution < 1.29 is 4.74 Å². The zero-order chi connectivity index (χ0) is 13.0. The van der Waals surface area contributed by atoms with E-state index in [0.29, 0.717) is 5.92 Å². The Labute approximate surface area is 111 Å². The van der Waals surface area contributed by atoms with Crippen LogP contribution >= 0.6 is 0 Å². The minimum absolute atomic E-state index is 0.222. The summed E-state index contributed by atoms with van der Waals surface area (Å²) in [5.41, 5.74) is 6.37. The molecule has 2 aliphatic rings. The van der Waals surface area contributed by atoms with E-state index in [4.69, 9.17) is 10.5 Å². The summed E-state index contributed by atoms with van der Waals surface area (Å²) in [6, 6.07) is 0. The molecule has 0 saturated carbocycles. The van der Waals surface area contributed by atoms with Crippen LogP contribution in [0.3, 0.4) is 0 Å². The third-order valence-electron chi connectivity index (χ3n) is 4.72. The fourth-order valence-corrected chi connectivity index (χ4v) is 3.76. The third-order valence-corrected chi connectivity index (χ3v) is 4.72. The molecule has 0 aromatic carbocycles. The minimum atomic E-state index is 0.222. The molecule has 0 aromatic heterocycles. The van der Waals surface area contributed by atoms with E-state index in [0.717, 1.165) is 19.7 Å². The van der Waals surface area contributed by atoms with Crippen LogP contribution in [0.5, 0.6) is 0 Å². The molecule has 0 bridgehead atoms. The molecule has 2 unspecified atom stereocenters. The monoisotopic (exact) mass is 255 g/mol. The van der Waals surface area contributed by atoms with Gasteiger partial charge in [0.1, 0.15) is 0 Å².